The maximum atomic E-state index is 13.2. The van der Waals surface area contributed by atoms with E-state index < -0.39 is 6.03 Å². The van der Waals surface area contributed by atoms with Crippen LogP contribution >= 0.6 is 0 Å². The monoisotopic (exact) mass is 462 g/mol. The van der Waals surface area contributed by atoms with Crippen molar-refractivity contribution in [1.82, 2.24) is 10.2 Å². The predicted molar refractivity (Wildman–Crippen MR) is 136 cm³/mol. The van der Waals surface area contributed by atoms with Gasteiger partial charge in [0.15, 0.2) is 0 Å². The topological polar surface area (TPSA) is 100 Å². The Hall–Kier alpha value is -3.57. The number of rotatable bonds is 9. The molecule has 8 nitrogen and oxygen atoms in total. The number of benzene rings is 2. The van der Waals surface area contributed by atoms with Gasteiger partial charge in [-0.3, -0.25) is 4.79 Å². The van der Waals surface area contributed by atoms with Gasteiger partial charge in [0.05, 0.1) is 17.2 Å². The summed E-state index contributed by atoms with van der Waals surface area (Å²) in [4.78, 5) is 30.2. The Morgan fingerprint density at radius 1 is 1.00 bits per heavy atom. The number of carbonyl (C=O) groups is 2. The molecule has 0 aromatic heterocycles. The first-order valence-corrected chi connectivity index (χ1v) is 12.0. The lowest BCUT2D eigenvalue weighted by Gasteiger charge is -2.30. The number of nitriles is 1. The summed E-state index contributed by atoms with van der Waals surface area (Å²) in [6, 6.07) is 13.8. The number of hydrogen-bond acceptors (Lipinski definition) is 5. The average molecular weight is 463 g/mol. The minimum Gasteiger partial charge on any atom is -0.371 e. The molecule has 180 valence electrons. The maximum Gasteiger partial charge on any atom is 0.323 e. The van der Waals surface area contributed by atoms with Gasteiger partial charge in [-0.15, -0.1) is 0 Å². The van der Waals surface area contributed by atoms with Gasteiger partial charge in [-0.2, -0.15) is 5.26 Å². The molecule has 0 radical (unpaired) electrons. The molecule has 0 saturated carbocycles. The summed E-state index contributed by atoms with van der Waals surface area (Å²) in [5, 5.41) is 17.6. The van der Waals surface area contributed by atoms with Crippen LogP contribution in [0.25, 0.3) is 0 Å². The van der Waals surface area contributed by atoms with Crippen LogP contribution in [0.15, 0.2) is 42.5 Å². The maximum absolute atomic E-state index is 13.2. The second-order valence-corrected chi connectivity index (χ2v) is 8.33. The van der Waals surface area contributed by atoms with Crippen LogP contribution in [-0.4, -0.2) is 56.1 Å². The molecule has 3 rings (SSSR count). The van der Waals surface area contributed by atoms with Gasteiger partial charge in [-0.1, -0.05) is 19.9 Å². The van der Waals surface area contributed by atoms with E-state index in [0.29, 0.717) is 29.0 Å². The van der Waals surface area contributed by atoms with Crippen molar-refractivity contribution in [2.24, 2.45) is 0 Å². The lowest BCUT2D eigenvalue weighted by atomic mass is 10.1. The number of anilines is 3. The molecule has 0 unspecified atom stereocenters. The molecule has 1 saturated heterocycles. The van der Waals surface area contributed by atoms with Gasteiger partial charge < -0.3 is 25.8 Å². The third kappa shape index (κ3) is 6.96. The molecule has 1 aliphatic heterocycles. The van der Waals surface area contributed by atoms with Crippen molar-refractivity contribution in [3.8, 4) is 6.07 Å². The molecule has 0 bridgehead atoms. The zero-order valence-corrected chi connectivity index (χ0v) is 20.1. The zero-order valence-electron chi connectivity index (χ0n) is 20.1. The normalized spacial score (nSPS) is 13.3. The van der Waals surface area contributed by atoms with Crippen LogP contribution < -0.4 is 20.9 Å². The smallest absolute Gasteiger partial charge is 0.323 e. The highest BCUT2D eigenvalue weighted by Gasteiger charge is 2.20. The average Bonchev–Trinajstić information content (AvgIpc) is 2.87. The second-order valence-electron chi connectivity index (χ2n) is 8.33. The Labute approximate surface area is 201 Å². The highest BCUT2D eigenvalue weighted by atomic mass is 16.2. The summed E-state index contributed by atoms with van der Waals surface area (Å²) in [6.45, 7) is 9.29. The van der Waals surface area contributed by atoms with E-state index in [9.17, 15) is 9.59 Å². The van der Waals surface area contributed by atoms with E-state index in [1.165, 1.54) is 6.42 Å². The van der Waals surface area contributed by atoms with Crippen LogP contribution in [0.1, 0.15) is 49.0 Å². The van der Waals surface area contributed by atoms with Crippen LogP contribution in [0.3, 0.4) is 0 Å². The van der Waals surface area contributed by atoms with Crippen LogP contribution in [0, 0.1) is 11.3 Å². The summed E-state index contributed by atoms with van der Waals surface area (Å²) in [6.07, 6.45) is 3.41. The molecule has 2 aromatic rings. The first-order valence-electron chi connectivity index (χ1n) is 12.0. The van der Waals surface area contributed by atoms with Crippen LogP contribution in [0.2, 0.25) is 0 Å². The molecule has 2 aromatic carbocycles. The second kappa shape index (κ2) is 12.6. The van der Waals surface area contributed by atoms with Crippen molar-refractivity contribution in [1.29, 1.82) is 5.26 Å². The zero-order chi connectivity index (χ0) is 24.3. The molecule has 1 heterocycles. The third-order valence-electron chi connectivity index (χ3n) is 6.05. The largest absolute Gasteiger partial charge is 0.371 e. The summed E-state index contributed by atoms with van der Waals surface area (Å²) in [5.41, 5.74) is 2.98. The van der Waals surface area contributed by atoms with Gasteiger partial charge in [0.2, 0.25) is 0 Å². The molecule has 1 fully saturated rings. The molecular formula is C26H34N6O2. The van der Waals surface area contributed by atoms with Gasteiger partial charge in [0.1, 0.15) is 0 Å². The van der Waals surface area contributed by atoms with Crippen molar-refractivity contribution < 1.29 is 9.59 Å². The Balaban J connectivity index is 1.74. The predicted octanol–water partition coefficient (Wildman–Crippen LogP) is 4.26. The number of piperidine rings is 1. The fourth-order valence-corrected chi connectivity index (χ4v) is 4.13. The molecule has 8 heteroatoms. The number of hydrogen-bond donors (Lipinski definition) is 3. The fourth-order valence-electron chi connectivity index (χ4n) is 4.13. The standard InChI is InChI=1S/C26H34N6O2/c1-3-31(4-2)16-13-28-25(33)23-18-22(11-12-24(23)32-14-6-5-7-15-32)30-26(34)29-21-10-8-9-20(17-21)19-27/h8-12,17-18H,3-7,13-16H2,1-2H3,(H,28,33)(H2,29,30,34). The number of carbonyl (C=O) groups excluding carboxylic acids is 2. The summed E-state index contributed by atoms with van der Waals surface area (Å²) >= 11 is 0. The third-order valence-corrected chi connectivity index (χ3v) is 6.05. The van der Waals surface area contributed by atoms with E-state index in [1.54, 1.807) is 30.3 Å². The van der Waals surface area contributed by atoms with Gasteiger partial charge >= 0.3 is 6.03 Å². The molecule has 0 spiro atoms. The van der Waals surface area contributed by atoms with Crippen molar-refractivity contribution in [3.05, 3.63) is 53.6 Å². The first kappa shape index (κ1) is 25.1. The quantitative estimate of drug-likeness (QED) is 0.517. The minimum atomic E-state index is -0.436. The minimum absolute atomic E-state index is 0.140. The highest BCUT2D eigenvalue weighted by Crippen LogP contribution is 2.27. The Kier molecular flexibility index (Phi) is 9.30. The molecule has 1 aliphatic rings. The van der Waals surface area contributed by atoms with E-state index in [1.807, 2.05) is 12.1 Å². The molecule has 3 N–H and O–H groups in total. The molecule has 34 heavy (non-hydrogen) atoms. The van der Waals surface area contributed by atoms with Gasteiger partial charge in [0.25, 0.3) is 5.91 Å². The lowest BCUT2D eigenvalue weighted by Crippen LogP contribution is -2.36. The first-order chi connectivity index (χ1) is 16.5. The molecule has 3 amide bonds. The van der Waals surface area contributed by atoms with Crippen molar-refractivity contribution in [3.63, 3.8) is 0 Å². The number of amides is 3. The van der Waals surface area contributed by atoms with Gasteiger partial charge in [-0.25, -0.2) is 4.79 Å². The van der Waals surface area contributed by atoms with Crippen molar-refractivity contribution in [2.75, 3.05) is 54.8 Å². The number of urea groups is 1. The van der Waals surface area contributed by atoms with Gasteiger partial charge in [0, 0.05) is 43.2 Å². The fraction of sp³-hybridized carbons (Fsp3) is 0.423. The van der Waals surface area contributed by atoms with E-state index in [4.69, 9.17) is 5.26 Å². The SMILES string of the molecule is CCN(CC)CCNC(=O)c1cc(NC(=O)Nc2cccc(C#N)c2)ccc1N1CCCCC1. The van der Waals surface area contributed by atoms with E-state index >= 15 is 0 Å². The lowest BCUT2D eigenvalue weighted by molar-refractivity contribution is 0.0949. The number of nitrogens with one attached hydrogen (secondary N) is 3. The Morgan fingerprint density at radius 2 is 1.71 bits per heavy atom. The summed E-state index contributed by atoms with van der Waals surface area (Å²) in [7, 11) is 0. The highest BCUT2D eigenvalue weighted by molar-refractivity contribution is 6.04. The van der Waals surface area contributed by atoms with Gasteiger partial charge in [-0.05, 0) is 68.8 Å². The van der Waals surface area contributed by atoms with Crippen LogP contribution in [0.5, 0.6) is 0 Å². The van der Waals surface area contributed by atoms with Crippen LogP contribution in [0.4, 0.5) is 21.9 Å². The Bertz CT molecular complexity index is 1020. The molecular weight excluding hydrogens is 428 g/mol. The van der Waals surface area contributed by atoms with Crippen LogP contribution in [-0.2, 0) is 0 Å². The van der Waals surface area contributed by atoms with Crippen molar-refractivity contribution >= 4 is 29.0 Å². The van der Waals surface area contributed by atoms with E-state index in [0.717, 1.165) is 51.3 Å². The summed E-state index contributed by atoms with van der Waals surface area (Å²) < 4.78 is 0. The molecule has 0 aliphatic carbocycles. The summed E-state index contributed by atoms with van der Waals surface area (Å²) in [5.74, 6) is -0.140. The number of nitrogens with zero attached hydrogens (tertiary/aromatic N) is 3. The number of likely N-dealkylation sites (N-methyl/N-ethyl adjacent to an activating group) is 1. The van der Waals surface area contributed by atoms with Crippen molar-refractivity contribution in [2.45, 2.75) is 33.1 Å². The van der Waals surface area contributed by atoms with E-state index in [-0.39, 0.29) is 5.91 Å². The van der Waals surface area contributed by atoms with E-state index in [2.05, 4.69) is 45.7 Å². The Morgan fingerprint density at radius 3 is 2.38 bits per heavy atom. The molecule has 0 atom stereocenters.